The van der Waals surface area contributed by atoms with Gasteiger partial charge in [0.1, 0.15) is 10.7 Å². The highest BCUT2D eigenvalue weighted by Crippen LogP contribution is 2.38. The fourth-order valence-electron chi connectivity index (χ4n) is 4.37. The first-order chi connectivity index (χ1) is 15.5. The number of nitro benzene ring substituents is 1. The Bertz CT molecular complexity index is 1030. The molecule has 170 valence electrons. The lowest BCUT2D eigenvalue weighted by Crippen LogP contribution is -2.48. The van der Waals surface area contributed by atoms with E-state index in [1.54, 1.807) is 18.2 Å². The van der Waals surface area contributed by atoms with Crippen LogP contribution in [0.5, 0.6) is 0 Å². The van der Waals surface area contributed by atoms with Gasteiger partial charge in [-0.25, -0.2) is 4.79 Å². The van der Waals surface area contributed by atoms with Crippen LogP contribution in [0.25, 0.3) is 0 Å². The summed E-state index contributed by atoms with van der Waals surface area (Å²) in [5, 5.41) is 14.8. The number of carbonyl (C=O) groups excluding carboxylic acids is 2. The summed E-state index contributed by atoms with van der Waals surface area (Å²) in [6.07, 6.45) is 3.88. The number of carbonyl (C=O) groups is 2. The molecule has 1 aromatic heterocycles. The maximum atomic E-state index is 12.8. The average molecular weight is 459 g/mol. The average Bonchev–Trinajstić information content (AvgIpc) is 3.16. The van der Waals surface area contributed by atoms with Crippen molar-refractivity contribution in [3.05, 3.63) is 50.4 Å². The zero-order valence-electron chi connectivity index (χ0n) is 18.0. The number of hydrogen-bond acceptors (Lipinski definition) is 8. The number of anilines is 2. The summed E-state index contributed by atoms with van der Waals surface area (Å²) in [5.41, 5.74) is 2.22. The Morgan fingerprint density at radius 1 is 1.16 bits per heavy atom. The quantitative estimate of drug-likeness (QED) is 0.403. The van der Waals surface area contributed by atoms with Crippen LogP contribution >= 0.6 is 11.3 Å². The summed E-state index contributed by atoms with van der Waals surface area (Å²) in [6, 6.07) is 6.72. The minimum Gasteiger partial charge on any atom is -0.465 e. The summed E-state index contributed by atoms with van der Waals surface area (Å²) >= 11 is 1.47. The van der Waals surface area contributed by atoms with Gasteiger partial charge in [-0.2, -0.15) is 0 Å². The van der Waals surface area contributed by atoms with Gasteiger partial charge < -0.3 is 15.0 Å². The van der Waals surface area contributed by atoms with Gasteiger partial charge in [0.05, 0.1) is 24.1 Å². The molecule has 0 unspecified atom stereocenters. The topological polar surface area (TPSA) is 105 Å². The molecule has 0 bridgehead atoms. The van der Waals surface area contributed by atoms with Gasteiger partial charge in [-0.3, -0.25) is 19.8 Å². The van der Waals surface area contributed by atoms with Crippen molar-refractivity contribution in [2.45, 2.75) is 25.7 Å². The number of para-hydroxylation sites is 2. The fraction of sp³-hybridized carbons (Fsp3) is 0.455. The van der Waals surface area contributed by atoms with Crippen molar-refractivity contribution in [3.8, 4) is 0 Å². The van der Waals surface area contributed by atoms with Crippen LogP contribution in [0.4, 0.5) is 16.4 Å². The predicted molar refractivity (Wildman–Crippen MR) is 123 cm³/mol. The standard InChI is InChI=1S/C22H26N4O5S/c1-31-22(28)20-15-6-2-5-9-18(15)32-21(20)23-19(27)14-24-10-12-25(13-11-24)16-7-3-4-8-17(16)26(29)30/h3-4,7-8H,2,5-6,9-14H2,1H3,(H,23,27). The molecule has 1 N–H and O–H groups in total. The highest BCUT2D eigenvalue weighted by atomic mass is 32.1. The maximum absolute atomic E-state index is 12.8. The first-order valence-electron chi connectivity index (χ1n) is 10.7. The van der Waals surface area contributed by atoms with E-state index in [1.165, 1.54) is 24.5 Å². The van der Waals surface area contributed by atoms with Gasteiger partial charge in [-0.15, -0.1) is 11.3 Å². The smallest absolute Gasteiger partial charge is 0.341 e. The molecule has 32 heavy (non-hydrogen) atoms. The fourth-order valence-corrected chi connectivity index (χ4v) is 5.67. The first-order valence-corrected chi connectivity index (χ1v) is 11.5. The van der Waals surface area contributed by atoms with Gasteiger partial charge in [0.2, 0.25) is 5.91 Å². The van der Waals surface area contributed by atoms with E-state index in [4.69, 9.17) is 4.74 Å². The van der Waals surface area contributed by atoms with Crippen LogP contribution in [0.1, 0.15) is 33.6 Å². The van der Waals surface area contributed by atoms with Crippen molar-refractivity contribution in [2.24, 2.45) is 0 Å². The van der Waals surface area contributed by atoms with Crippen LogP contribution in [0, 0.1) is 10.1 Å². The van der Waals surface area contributed by atoms with E-state index in [1.807, 2.05) is 9.80 Å². The number of methoxy groups -OCH3 is 1. The van der Waals surface area contributed by atoms with E-state index in [2.05, 4.69) is 5.32 Å². The summed E-state index contributed by atoms with van der Waals surface area (Å²) in [7, 11) is 1.36. The molecule has 1 aliphatic heterocycles. The van der Waals surface area contributed by atoms with E-state index in [-0.39, 0.29) is 23.1 Å². The van der Waals surface area contributed by atoms with Crippen LogP contribution in [-0.4, -0.2) is 61.5 Å². The lowest BCUT2D eigenvalue weighted by Gasteiger charge is -2.35. The SMILES string of the molecule is COC(=O)c1c(NC(=O)CN2CCN(c3ccccc3[N+](=O)[O-])CC2)sc2c1CCCC2. The Kier molecular flexibility index (Phi) is 6.71. The molecule has 0 saturated carbocycles. The zero-order chi connectivity index (χ0) is 22.7. The second-order valence-electron chi connectivity index (χ2n) is 7.96. The summed E-state index contributed by atoms with van der Waals surface area (Å²) in [4.78, 5) is 41.2. The minimum absolute atomic E-state index is 0.0932. The van der Waals surface area contributed by atoms with Crippen LogP contribution in [0.15, 0.2) is 24.3 Å². The number of fused-ring (bicyclic) bond motifs is 1. The Hall–Kier alpha value is -2.98. The predicted octanol–water partition coefficient (Wildman–Crippen LogP) is 3.08. The van der Waals surface area contributed by atoms with Gasteiger partial charge in [-0.1, -0.05) is 12.1 Å². The Balaban J connectivity index is 1.38. The van der Waals surface area contributed by atoms with Crippen molar-refractivity contribution in [1.82, 2.24) is 4.90 Å². The molecule has 0 radical (unpaired) electrons. The Labute approximate surface area is 190 Å². The van der Waals surface area contributed by atoms with Crippen LogP contribution < -0.4 is 10.2 Å². The molecule has 1 saturated heterocycles. The molecule has 0 spiro atoms. The third-order valence-corrected chi connectivity index (χ3v) is 7.18. The van der Waals surface area contributed by atoms with E-state index >= 15 is 0 Å². The van der Waals surface area contributed by atoms with Crippen LogP contribution in [-0.2, 0) is 22.4 Å². The molecule has 9 nitrogen and oxygen atoms in total. The largest absolute Gasteiger partial charge is 0.465 e. The van der Waals surface area contributed by atoms with Crippen molar-refractivity contribution >= 4 is 39.6 Å². The second kappa shape index (κ2) is 9.66. The Morgan fingerprint density at radius 3 is 2.59 bits per heavy atom. The number of amides is 1. The van der Waals surface area contributed by atoms with E-state index in [0.717, 1.165) is 36.1 Å². The number of thiophene rings is 1. The van der Waals surface area contributed by atoms with Crippen molar-refractivity contribution in [3.63, 3.8) is 0 Å². The minimum atomic E-state index is -0.405. The van der Waals surface area contributed by atoms with Gasteiger partial charge >= 0.3 is 5.97 Å². The molecule has 1 aliphatic carbocycles. The number of aryl methyl sites for hydroxylation is 1. The lowest BCUT2D eigenvalue weighted by molar-refractivity contribution is -0.384. The number of benzene rings is 1. The van der Waals surface area contributed by atoms with Crippen LogP contribution in [0.3, 0.4) is 0 Å². The van der Waals surface area contributed by atoms with Crippen LogP contribution in [0.2, 0.25) is 0 Å². The summed E-state index contributed by atoms with van der Waals surface area (Å²) in [5.74, 6) is -0.578. The molecule has 1 fully saturated rings. The molecule has 2 heterocycles. The van der Waals surface area contributed by atoms with Gasteiger partial charge in [-0.05, 0) is 37.3 Å². The first kappa shape index (κ1) is 22.2. The van der Waals surface area contributed by atoms with Gasteiger partial charge in [0, 0.05) is 37.1 Å². The monoisotopic (exact) mass is 458 g/mol. The van der Waals surface area contributed by atoms with Gasteiger partial charge in [0.15, 0.2) is 0 Å². The highest BCUT2D eigenvalue weighted by molar-refractivity contribution is 7.17. The molecular formula is C22H26N4O5S. The number of nitrogens with one attached hydrogen (secondary N) is 1. The number of hydrogen-bond donors (Lipinski definition) is 1. The number of esters is 1. The molecular weight excluding hydrogens is 432 g/mol. The normalized spacial score (nSPS) is 16.3. The van der Waals surface area contributed by atoms with E-state index in [0.29, 0.717) is 42.4 Å². The number of nitrogens with zero attached hydrogens (tertiary/aromatic N) is 3. The molecule has 10 heteroatoms. The third kappa shape index (κ3) is 4.61. The van der Waals surface area contributed by atoms with Crippen molar-refractivity contribution < 1.29 is 19.2 Å². The molecule has 1 amide bonds. The highest BCUT2D eigenvalue weighted by Gasteiger charge is 2.28. The van der Waals surface area contributed by atoms with E-state index in [9.17, 15) is 19.7 Å². The summed E-state index contributed by atoms with van der Waals surface area (Å²) < 4.78 is 4.97. The molecule has 1 aromatic carbocycles. The van der Waals surface area contributed by atoms with E-state index < -0.39 is 5.97 Å². The molecule has 4 rings (SSSR count). The molecule has 2 aliphatic rings. The maximum Gasteiger partial charge on any atom is 0.341 e. The number of rotatable bonds is 6. The van der Waals surface area contributed by atoms with Crippen molar-refractivity contribution in [1.29, 1.82) is 0 Å². The zero-order valence-corrected chi connectivity index (χ0v) is 18.8. The molecule has 2 aromatic rings. The molecule has 0 atom stereocenters. The van der Waals surface area contributed by atoms with Gasteiger partial charge in [0.25, 0.3) is 5.69 Å². The number of piperazine rings is 1. The second-order valence-corrected chi connectivity index (χ2v) is 9.07. The lowest BCUT2D eigenvalue weighted by atomic mass is 9.95. The Morgan fingerprint density at radius 2 is 1.88 bits per heavy atom. The number of nitro groups is 1. The van der Waals surface area contributed by atoms with Crippen molar-refractivity contribution in [2.75, 3.05) is 50.1 Å². The number of ether oxygens (including phenoxy) is 1. The summed E-state index contributed by atoms with van der Waals surface area (Å²) in [6.45, 7) is 2.63. The third-order valence-electron chi connectivity index (χ3n) is 5.97.